The van der Waals surface area contributed by atoms with Gasteiger partial charge in [0.15, 0.2) is 5.65 Å². The van der Waals surface area contributed by atoms with Crippen molar-refractivity contribution in [3.8, 4) is 6.07 Å². The molecule has 3 aromatic rings. The molecule has 0 bridgehead atoms. The molecule has 0 spiro atoms. The molecular formula is C16H17N5. The van der Waals surface area contributed by atoms with E-state index in [1.807, 2.05) is 31.3 Å². The van der Waals surface area contributed by atoms with Crippen LogP contribution in [0, 0.1) is 11.3 Å². The van der Waals surface area contributed by atoms with Crippen LogP contribution in [0.15, 0.2) is 24.3 Å². The SMILES string of the molecule is CCCCn1c(NC)c(C#N)c2nc3ccccc3nc21. The van der Waals surface area contributed by atoms with Gasteiger partial charge in [0.05, 0.1) is 11.0 Å². The summed E-state index contributed by atoms with van der Waals surface area (Å²) in [4.78, 5) is 9.36. The van der Waals surface area contributed by atoms with Crippen LogP contribution in [0.3, 0.4) is 0 Å². The van der Waals surface area contributed by atoms with E-state index in [1.165, 1.54) is 0 Å². The molecule has 0 aliphatic rings. The average molecular weight is 279 g/mol. The zero-order valence-corrected chi connectivity index (χ0v) is 12.2. The van der Waals surface area contributed by atoms with E-state index in [2.05, 4.69) is 27.9 Å². The Balaban J connectivity index is 2.36. The maximum Gasteiger partial charge on any atom is 0.162 e. The molecule has 21 heavy (non-hydrogen) atoms. The van der Waals surface area contributed by atoms with Crippen LogP contribution in [0.2, 0.25) is 0 Å². The minimum atomic E-state index is 0.571. The first kappa shape index (κ1) is 13.4. The van der Waals surface area contributed by atoms with Crippen LogP contribution in [0.5, 0.6) is 0 Å². The zero-order valence-electron chi connectivity index (χ0n) is 12.2. The Kier molecular flexibility index (Phi) is 3.44. The molecule has 0 fully saturated rings. The molecule has 0 saturated heterocycles. The van der Waals surface area contributed by atoms with Crippen molar-refractivity contribution in [2.24, 2.45) is 0 Å². The van der Waals surface area contributed by atoms with Gasteiger partial charge in [-0.1, -0.05) is 25.5 Å². The molecule has 0 amide bonds. The maximum absolute atomic E-state index is 9.49. The summed E-state index contributed by atoms with van der Waals surface area (Å²) in [6.07, 6.45) is 2.13. The first-order valence-corrected chi connectivity index (χ1v) is 7.17. The van der Waals surface area contributed by atoms with E-state index < -0.39 is 0 Å². The molecule has 5 heteroatoms. The molecule has 2 heterocycles. The number of nitrogens with zero attached hydrogens (tertiary/aromatic N) is 4. The molecule has 5 nitrogen and oxygen atoms in total. The van der Waals surface area contributed by atoms with Crippen molar-refractivity contribution >= 4 is 28.0 Å². The van der Waals surface area contributed by atoms with Crippen LogP contribution in [0.1, 0.15) is 25.3 Å². The lowest BCUT2D eigenvalue weighted by molar-refractivity contribution is 0.650. The fourth-order valence-corrected chi connectivity index (χ4v) is 2.60. The van der Waals surface area contributed by atoms with E-state index in [0.717, 1.165) is 41.9 Å². The molecule has 2 aromatic heterocycles. The van der Waals surface area contributed by atoms with E-state index in [0.29, 0.717) is 11.1 Å². The Bertz CT molecular complexity index is 841. The van der Waals surface area contributed by atoms with Gasteiger partial charge in [0.2, 0.25) is 0 Å². The molecule has 3 rings (SSSR count). The Hall–Kier alpha value is -2.61. The fraction of sp³-hybridized carbons (Fsp3) is 0.312. The molecule has 0 aliphatic heterocycles. The van der Waals surface area contributed by atoms with Crippen LogP contribution in [-0.4, -0.2) is 21.6 Å². The van der Waals surface area contributed by atoms with Gasteiger partial charge in [0, 0.05) is 13.6 Å². The predicted octanol–water partition coefficient (Wildman–Crippen LogP) is 3.30. The quantitative estimate of drug-likeness (QED) is 0.795. The second-order valence-corrected chi connectivity index (χ2v) is 4.98. The van der Waals surface area contributed by atoms with Crippen LogP contribution in [0.25, 0.3) is 22.2 Å². The number of nitriles is 1. The second kappa shape index (κ2) is 5.41. The normalized spacial score (nSPS) is 10.9. The minimum Gasteiger partial charge on any atom is -0.373 e. The highest BCUT2D eigenvalue weighted by Crippen LogP contribution is 2.29. The number of nitrogens with one attached hydrogen (secondary N) is 1. The number of unbranched alkanes of at least 4 members (excludes halogenated alkanes) is 1. The summed E-state index contributed by atoms with van der Waals surface area (Å²) in [5.74, 6) is 0.802. The number of hydrogen-bond donors (Lipinski definition) is 1. The number of aryl methyl sites for hydroxylation is 1. The first-order chi connectivity index (χ1) is 10.3. The van der Waals surface area contributed by atoms with Crippen LogP contribution >= 0.6 is 0 Å². The van der Waals surface area contributed by atoms with Crippen molar-refractivity contribution in [2.75, 3.05) is 12.4 Å². The minimum absolute atomic E-state index is 0.571. The number of para-hydroxylation sites is 2. The van der Waals surface area contributed by atoms with Crippen molar-refractivity contribution < 1.29 is 0 Å². The molecule has 106 valence electrons. The monoisotopic (exact) mass is 279 g/mol. The summed E-state index contributed by atoms with van der Waals surface area (Å²) in [6, 6.07) is 10.0. The van der Waals surface area contributed by atoms with Gasteiger partial charge in [-0.15, -0.1) is 0 Å². The Morgan fingerprint density at radius 1 is 1.24 bits per heavy atom. The summed E-state index contributed by atoms with van der Waals surface area (Å²) in [5, 5.41) is 12.6. The van der Waals surface area contributed by atoms with Crippen LogP contribution in [-0.2, 0) is 6.54 Å². The summed E-state index contributed by atoms with van der Waals surface area (Å²) in [6.45, 7) is 2.98. The predicted molar refractivity (Wildman–Crippen MR) is 84.2 cm³/mol. The third-order valence-electron chi connectivity index (χ3n) is 3.64. The van der Waals surface area contributed by atoms with Crippen molar-refractivity contribution in [1.82, 2.24) is 14.5 Å². The largest absolute Gasteiger partial charge is 0.373 e. The van der Waals surface area contributed by atoms with Gasteiger partial charge < -0.3 is 9.88 Å². The van der Waals surface area contributed by atoms with E-state index in [-0.39, 0.29) is 0 Å². The van der Waals surface area contributed by atoms with Crippen molar-refractivity contribution in [3.63, 3.8) is 0 Å². The third kappa shape index (κ3) is 2.09. The second-order valence-electron chi connectivity index (χ2n) is 4.98. The Morgan fingerprint density at radius 2 is 1.95 bits per heavy atom. The number of benzene rings is 1. The molecule has 0 atom stereocenters. The Labute approximate surface area is 123 Å². The van der Waals surface area contributed by atoms with Gasteiger partial charge >= 0.3 is 0 Å². The van der Waals surface area contributed by atoms with E-state index >= 15 is 0 Å². The highest BCUT2D eigenvalue weighted by molar-refractivity contribution is 5.92. The highest BCUT2D eigenvalue weighted by Gasteiger charge is 2.19. The summed E-state index contributed by atoms with van der Waals surface area (Å²) in [5.41, 5.74) is 3.70. The fourth-order valence-electron chi connectivity index (χ4n) is 2.60. The van der Waals surface area contributed by atoms with Gasteiger partial charge in [0.25, 0.3) is 0 Å². The number of hydrogen-bond acceptors (Lipinski definition) is 4. The first-order valence-electron chi connectivity index (χ1n) is 7.17. The average Bonchev–Trinajstić information content (AvgIpc) is 2.82. The lowest BCUT2D eigenvalue weighted by Gasteiger charge is -2.08. The molecule has 0 radical (unpaired) electrons. The smallest absolute Gasteiger partial charge is 0.162 e. The number of fused-ring (bicyclic) bond motifs is 2. The lowest BCUT2D eigenvalue weighted by atomic mass is 10.2. The topological polar surface area (TPSA) is 66.5 Å². The Morgan fingerprint density at radius 3 is 2.57 bits per heavy atom. The van der Waals surface area contributed by atoms with Gasteiger partial charge in [0.1, 0.15) is 23.0 Å². The molecule has 0 unspecified atom stereocenters. The van der Waals surface area contributed by atoms with E-state index in [4.69, 9.17) is 4.98 Å². The van der Waals surface area contributed by atoms with Gasteiger partial charge in [-0.05, 0) is 18.6 Å². The third-order valence-corrected chi connectivity index (χ3v) is 3.64. The standard InChI is InChI=1S/C16H17N5/c1-3-4-9-21-15(18-2)11(10-17)14-16(21)20-13-8-6-5-7-12(13)19-14/h5-8,18H,3-4,9H2,1-2H3. The van der Waals surface area contributed by atoms with E-state index in [9.17, 15) is 5.26 Å². The highest BCUT2D eigenvalue weighted by atomic mass is 15.2. The summed E-state index contributed by atoms with van der Waals surface area (Å²) >= 11 is 0. The number of rotatable bonds is 4. The van der Waals surface area contributed by atoms with Crippen molar-refractivity contribution in [3.05, 3.63) is 29.8 Å². The summed E-state index contributed by atoms with van der Waals surface area (Å²) in [7, 11) is 1.83. The maximum atomic E-state index is 9.49. The number of aromatic nitrogens is 3. The summed E-state index contributed by atoms with van der Waals surface area (Å²) < 4.78 is 2.07. The lowest BCUT2D eigenvalue weighted by Crippen LogP contribution is -2.04. The van der Waals surface area contributed by atoms with E-state index in [1.54, 1.807) is 0 Å². The van der Waals surface area contributed by atoms with Gasteiger partial charge in [-0.2, -0.15) is 5.26 Å². The van der Waals surface area contributed by atoms with Crippen molar-refractivity contribution in [2.45, 2.75) is 26.3 Å². The molecular weight excluding hydrogens is 262 g/mol. The zero-order chi connectivity index (χ0) is 14.8. The van der Waals surface area contributed by atoms with Gasteiger partial charge in [-0.25, -0.2) is 9.97 Å². The van der Waals surface area contributed by atoms with Crippen molar-refractivity contribution in [1.29, 1.82) is 5.26 Å². The van der Waals surface area contributed by atoms with Gasteiger partial charge in [-0.3, -0.25) is 0 Å². The molecule has 1 aromatic carbocycles. The van der Waals surface area contributed by atoms with Crippen LogP contribution < -0.4 is 5.32 Å². The molecule has 0 aliphatic carbocycles. The molecule has 1 N–H and O–H groups in total. The van der Waals surface area contributed by atoms with Crippen LogP contribution in [0.4, 0.5) is 5.82 Å². The number of anilines is 1. The molecule has 0 saturated carbocycles.